The van der Waals surface area contributed by atoms with Crippen LogP contribution < -0.4 is 0 Å². The molecule has 0 amide bonds. The van der Waals surface area contributed by atoms with Crippen LogP contribution in [-0.4, -0.2) is 9.97 Å². The third-order valence-electron chi connectivity index (χ3n) is 3.15. The predicted octanol–water partition coefficient (Wildman–Crippen LogP) is 4.98. The Balaban J connectivity index is 2.15. The SMILES string of the molecule is Cc1ccc2oc(-c3cc(Cl)nc(C(C)C)n3)cc2c1. The molecule has 2 heterocycles. The summed E-state index contributed by atoms with van der Waals surface area (Å²) in [6, 6.07) is 9.82. The van der Waals surface area contributed by atoms with Crippen molar-refractivity contribution in [2.24, 2.45) is 0 Å². The lowest BCUT2D eigenvalue weighted by molar-refractivity contribution is 0.626. The van der Waals surface area contributed by atoms with Gasteiger partial charge in [-0.05, 0) is 25.1 Å². The molecule has 0 atom stereocenters. The van der Waals surface area contributed by atoms with Crippen molar-refractivity contribution in [2.75, 3.05) is 0 Å². The van der Waals surface area contributed by atoms with Crippen molar-refractivity contribution < 1.29 is 4.42 Å². The van der Waals surface area contributed by atoms with E-state index < -0.39 is 0 Å². The van der Waals surface area contributed by atoms with Crippen LogP contribution in [0, 0.1) is 6.92 Å². The standard InChI is InChI=1S/C16H15ClN2O/c1-9(2)16-18-12(8-15(17)19-16)14-7-11-6-10(3)4-5-13(11)20-14/h4-9H,1-3H3. The van der Waals surface area contributed by atoms with Crippen molar-refractivity contribution in [1.82, 2.24) is 9.97 Å². The molecule has 0 N–H and O–H groups in total. The van der Waals surface area contributed by atoms with Gasteiger partial charge in [0.15, 0.2) is 5.76 Å². The van der Waals surface area contributed by atoms with Crippen LogP contribution in [0.15, 0.2) is 34.7 Å². The number of aromatic nitrogens is 2. The molecule has 102 valence electrons. The maximum absolute atomic E-state index is 6.08. The Kier molecular flexibility index (Phi) is 3.22. The molecule has 0 bridgehead atoms. The maximum Gasteiger partial charge on any atom is 0.153 e. The van der Waals surface area contributed by atoms with Gasteiger partial charge in [0.2, 0.25) is 0 Å². The molecule has 2 aromatic heterocycles. The first-order valence-electron chi connectivity index (χ1n) is 6.58. The summed E-state index contributed by atoms with van der Waals surface area (Å²) in [4.78, 5) is 8.77. The number of furan rings is 1. The molecule has 20 heavy (non-hydrogen) atoms. The van der Waals surface area contributed by atoms with Crippen LogP contribution in [0.4, 0.5) is 0 Å². The lowest BCUT2D eigenvalue weighted by Gasteiger charge is -2.05. The van der Waals surface area contributed by atoms with Gasteiger partial charge in [0, 0.05) is 17.4 Å². The van der Waals surface area contributed by atoms with Gasteiger partial charge in [-0.1, -0.05) is 37.1 Å². The van der Waals surface area contributed by atoms with E-state index in [9.17, 15) is 0 Å². The fraction of sp³-hybridized carbons (Fsp3) is 0.250. The van der Waals surface area contributed by atoms with Gasteiger partial charge in [0.05, 0.1) is 0 Å². The molecule has 0 unspecified atom stereocenters. The van der Waals surface area contributed by atoms with E-state index in [2.05, 4.69) is 23.0 Å². The van der Waals surface area contributed by atoms with Gasteiger partial charge in [-0.3, -0.25) is 0 Å². The van der Waals surface area contributed by atoms with Gasteiger partial charge in [-0.15, -0.1) is 0 Å². The second-order valence-electron chi connectivity index (χ2n) is 5.24. The highest BCUT2D eigenvalue weighted by Crippen LogP contribution is 2.29. The first-order chi connectivity index (χ1) is 9.52. The second-order valence-corrected chi connectivity index (χ2v) is 5.63. The minimum absolute atomic E-state index is 0.221. The van der Waals surface area contributed by atoms with Crippen LogP contribution in [0.3, 0.4) is 0 Å². The van der Waals surface area contributed by atoms with E-state index in [1.807, 2.05) is 32.0 Å². The van der Waals surface area contributed by atoms with E-state index in [1.54, 1.807) is 6.07 Å². The Labute approximate surface area is 122 Å². The second kappa shape index (κ2) is 4.91. The van der Waals surface area contributed by atoms with Crippen molar-refractivity contribution in [1.29, 1.82) is 0 Å². The molecule has 0 aliphatic heterocycles. The first-order valence-corrected chi connectivity index (χ1v) is 6.96. The Morgan fingerprint density at radius 2 is 1.90 bits per heavy atom. The van der Waals surface area contributed by atoms with E-state index >= 15 is 0 Å². The number of benzene rings is 1. The van der Waals surface area contributed by atoms with Gasteiger partial charge in [0.25, 0.3) is 0 Å². The van der Waals surface area contributed by atoms with Crippen LogP contribution in [-0.2, 0) is 0 Å². The highest BCUT2D eigenvalue weighted by atomic mass is 35.5. The molecule has 3 rings (SSSR count). The average Bonchev–Trinajstić information content (AvgIpc) is 2.80. The van der Waals surface area contributed by atoms with Crippen molar-refractivity contribution in [3.63, 3.8) is 0 Å². The zero-order valence-corrected chi connectivity index (χ0v) is 12.4. The van der Waals surface area contributed by atoms with Gasteiger partial charge in [-0.2, -0.15) is 0 Å². The number of hydrogen-bond donors (Lipinski definition) is 0. The average molecular weight is 287 g/mol. The largest absolute Gasteiger partial charge is 0.454 e. The minimum atomic E-state index is 0.221. The zero-order chi connectivity index (χ0) is 14.3. The number of rotatable bonds is 2. The van der Waals surface area contributed by atoms with Gasteiger partial charge < -0.3 is 4.42 Å². The molecule has 0 fully saturated rings. The summed E-state index contributed by atoms with van der Waals surface area (Å²) in [5.41, 5.74) is 2.78. The maximum atomic E-state index is 6.08. The molecule has 0 spiro atoms. The number of halogens is 1. The molecule has 0 radical (unpaired) electrons. The molecule has 3 aromatic rings. The molecule has 0 aliphatic carbocycles. The van der Waals surface area contributed by atoms with Gasteiger partial charge in [-0.25, -0.2) is 9.97 Å². The summed E-state index contributed by atoms with van der Waals surface area (Å²) in [7, 11) is 0. The summed E-state index contributed by atoms with van der Waals surface area (Å²) in [5, 5.41) is 1.51. The molecule has 4 heteroatoms. The topological polar surface area (TPSA) is 38.9 Å². The minimum Gasteiger partial charge on any atom is -0.454 e. The van der Waals surface area contributed by atoms with Gasteiger partial charge in [0.1, 0.15) is 22.3 Å². The first kappa shape index (κ1) is 13.1. The number of nitrogens with zero attached hydrogens (tertiary/aromatic N) is 2. The van der Waals surface area contributed by atoms with Crippen LogP contribution in [0.25, 0.3) is 22.4 Å². The third-order valence-corrected chi connectivity index (χ3v) is 3.35. The lowest BCUT2D eigenvalue weighted by atomic mass is 10.1. The van der Waals surface area contributed by atoms with Crippen LogP contribution >= 0.6 is 11.6 Å². The van der Waals surface area contributed by atoms with Crippen LogP contribution in [0.2, 0.25) is 5.15 Å². The van der Waals surface area contributed by atoms with Crippen molar-refractivity contribution in [2.45, 2.75) is 26.7 Å². The molecular formula is C16H15ClN2O. The normalized spacial score (nSPS) is 11.4. The molecule has 0 saturated heterocycles. The molecular weight excluding hydrogens is 272 g/mol. The Hall–Kier alpha value is -1.87. The monoisotopic (exact) mass is 286 g/mol. The predicted molar refractivity (Wildman–Crippen MR) is 81.1 cm³/mol. The highest BCUT2D eigenvalue weighted by molar-refractivity contribution is 6.29. The Morgan fingerprint density at radius 1 is 1.10 bits per heavy atom. The van der Waals surface area contributed by atoms with E-state index in [0.29, 0.717) is 5.15 Å². The van der Waals surface area contributed by atoms with Crippen molar-refractivity contribution in [3.8, 4) is 11.5 Å². The van der Waals surface area contributed by atoms with Crippen LogP contribution in [0.5, 0.6) is 0 Å². The summed E-state index contributed by atoms with van der Waals surface area (Å²) >= 11 is 6.08. The van der Waals surface area contributed by atoms with E-state index in [1.165, 1.54) is 5.56 Å². The van der Waals surface area contributed by atoms with Crippen LogP contribution in [0.1, 0.15) is 31.2 Å². The van der Waals surface area contributed by atoms with E-state index in [-0.39, 0.29) is 5.92 Å². The molecule has 3 nitrogen and oxygen atoms in total. The molecule has 0 saturated carbocycles. The van der Waals surface area contributed by atoms with E-state index in [0.717, 1.165) is 28.2 Å². The molecule has 0 aliphatic rings. The quantitative estimate of drug-likeness (QED) is 0.624. The summed E-state index contributed by atoms with van der Waals surface area (Å²) in [6.45, 7) is 6.14. The van der Waals surface area contributed by atoms with Gasteiger partial charge >= 0.3 is 0 Å². The number of fused-ring (bicyclic) bond motifs is 1. The Bertz CT molecular complexity index is 777. The summed E-state index contributed by atoms with van der Waals surface area (Å²) in [5.74, 6) is 1.67. The lowest BCUT2D eigenvalue weighted by Crippen LogP contribution is -1.98. The summed E-state index contributed by atoms with van der Waals surface area (Å²) in [6.07, 6.45) is 0. The number of hydrogen-bond acceptors (Lipinski definition) is 3. The summed E-state index contributed by atoms with van der Waals surface area (Å²) < 4.78 is 5.85. The molecule has 1 aromatic carbocycles. The fourth-order valence-corrected chi connectivity index (χ4v) is 2.30. The third kappa shape index (κ3) is 2.41. The van der Waals surface area contributed by atoms with E-state index in [4.69, 9.17) is 16.0 Å². The number of aryl methyl sites for hydroxylation is 1. The fourth-order valence-electron chi connectivity index (χ4n) is 2.11. The van der Waals surface area contributed by atoms with Crippen molar-refractivity contribution >= 4 is 22.6 Å². The van der Waals surface area contributed by atoms with Crippen molar-refractivity contribution in [3.05, 3.63) is 46.9 Å². The zero-order valence-electron chi connectivity index (χ0n) is 11.6. The highest BCUT2D eigenvalue weighted by Gasteiger charge is 2.12. The smallest absolute Gasteiger partial charge is 0.153 e. The Morgan fingerprint density at radius 3 is 2.65 bits per heavy atom.